The molecule has 0 radical (unpaired) electrons. The highest BCUT2D eigenvalue weighted by molar-refractivity contribution is 9.10. The Hall–Kier alpha value is -0.900. The Morgan fingerprint density at radius 2 is 1.83 bits per heavy atom. The molecule has 4 heteroatoms. The van der Waals surface area contributed by atoms with Crippen LogP contribution in [-0.2, 0) is 6.42 Å². The van der Waals surface area contributed by atoms with E-state index in [0.29, 0.717) is 15.9 Å². The van der Waals surface area contributed by atoms with Crippen LogP contribution in [0.2, 0.25) is 5.02 Å². The van der Waals surface area contributed by atoms with Gasteiger partial charge in [-0.1, -0.05) is 39.7 Å². The lowest BCUT2D eigenvalue weighted by atomic mass is 10.0. The summed E-state index contributed by atoms with van der Waals surface area (Å²) in [6.07, 6.45) is -0.311. The van der Waals surface area contributed by atoms with E-state index in [9.17, 15) is 9.50 Å². The minimum absolute atomic E-state index is 0.317. The molecule has 1 N–H and O–H groups in total. The molecular weight excluding hydrogens is 319 g/mol. The fourth-order valence-electron chi connectivity index (χ4n) is 1.75. The summed E-state index contributed by atoms with van der Waals surface area (Å²) < 4.78 is 13.9. The Bertz CT molecular complexity index is 522. The average molecular weight is 330 g/mol. The fraction of sp³-hybridized carbons (Fsp3) is 0.143. The van der Waals surface area contributed by atoms with E-state index in [1.54, 1.807) is 30.3 Å². The van der Waals surface area contributed by atoms with Gasteiger partial charge in [0.1, 0.15) is 5.82 Å². The molecule has 1 nitrogen and oxygen atoms in total. The first-order valence-corrected chi connectivity index (χ1v) is 6.60. The van der Waals surface area contributed by atoms with Crippen molar-refractivity contribution >= 4 is 27.5 Å². The Morgan fingerprint density at radius 1 is 1.17 bits per heavy atom. The predicted octanol–water partition coefficient (Wildman–Crippen LogP) is 4.52. The summed E-state index contributed by atoms with van der Waals surface area (Å²) in [5.74, 6) is -0.317. The molecule has 0 saturated heterocycles. The molecule has 0 bridgehead atoms. The lowest BCUT2D eigenvalue weighted by Crippen LogP contribution is -2.02. The van der Waals surface area contributed by atoms with Crippen LogP contribution in [0.4, 0.5) is 4.39 Å². The second-order valence-electron chi connectivity index (χ2n) is 4.05. The van der Waals surface area contributed by atoms with E-state index in [1.807, 2.05) is 0 Å². The van der Waals surface area contributed by atoms with Crippen molar-refractivity contribution in [2.24, 2.45) is 0 Å². The highest BCUT2D eigenvalue weighted by atomic mass is 79.9. The summed E-state index contributed by atoms with van der Waals surface area (Å²) in [6, 6.07) is 11.6. The highest BCUT2D eigenvalue weighted by Crippen LogP contribution is 2.22. The van der Waals surface area contributed by atoms with E-state index in [0.717, 1.165) is 11.1 Å². The maximum absolute atomic E-state index is 13.2. The Balaban J connectivity index is 2.15. The standard InChI is InChI=1S/C14H11BrClFO/c15-11-5-9(6-13(17)8-11)7-14(18)10-1-3-12(16)4-2-10/h1-6,8,14,18H,7H2. The van der Waals surface area contributed by atoms with E-state index in [4.69, 9.17) is 11.6 Å². The molecule has 2 aromatic rings. The SMILES string of the molecule is OC(Cc1cc(F)cc(Br)c1)c1ccc(Cl)cc1. The normalized spacial score (nSPS) is 12.4. The zero-order valence-electron chi connectivity index (χ0n) is 9.41. The highest BCUT2D eigenvalue weighted by Gasteiger charge is 2.09. The molecule has 0 aliphatic carbocycles. The van der Waals surface area contributed by atoms with Crippen LogP contribution in [0.25, 0.3) is 0 Å². The molecule has 1 atom stereocenters. The third-order valence-corrected chi connectivity index (χ3v) is 3.32. The minimum Gasteiger partial charge on any atom is -0.388 e. The topological polar surface area (TPSA) is 20.2 Å². The third kappa shape index (κ3) is 3.55. The van der Waals surface area contributed by atoms with Gasteiger partial charge in [0.25, 0.3) is 0 Å². The van der Waals surface area contributed by atoms with Gasteiger partial charge in [0, 0.05) is 15.9 Å². The summed E-state index contributed by atoms with van der Waals surface area (Å²) in [6.45, 7) is 0. The van der Waals surface area contributed by atoms with Crippen LogP contribution in [-0.4, -0.2) is 5.11 Å². The predicted molar refractivity (Wildman–Crippen MR) is 74.2 cm³/mol. The van der Waals surface area contributed by atoms with Gasteiger partial charge < -0.3 is 5.11 Å². The molecule has 0 aliphatic rings. The zero-order valence-corrected chi connectivity index (χ0v) is 11.7. The van der Waals surface area contributed by atoms with E-state index < -0.39 is 6.10 Å². The number of aliphatic hydroxyl groups is 1. The summed E-state index contributed by atoms with van der Waals surface area (Å²) in [5.41, 5.74) is 1.50. The van der Waals surface area contributed by atoms with Crippen molar-refractivity contribution < 1.29 is 9.50 Å². The van der Waals surface area contributed by atoms with E-state index in [-0.39, 0.29) is 5.82 Å². The molecule has 94 valence electrons. The number of hydrogen-bond acceptors (Lipinski definition) is 1. The lowest BCUT2D eigenvalue weighted by molar-refractivity contribution is 0.178. The van der Waals surface area contributed by atoms with Crippen LogP contribution < -0.4 is 0 Å². The first kappa shape index (κ1) is 13.5. The molecule has 1 unspecified atom stereocenters. The van der Waals surface area contributed by atoms with Gasteiger partial charge in [-0.2, -0.15) is 0 Å². The second kappa shape index (κ2) is 5.83. The molecule has 0 amide bonds. The molecule has 18 heavy (non-hydrogen) atoms. The van der Waals surface area contributed by atoms with Gasteiger partial charge >= 0.3 is 0 Å². The molecule has 0 aliphatic heterocycles. The first-order valence-electron chi connectivity index (χ1n) is 5.43. The van der Waals surface area contributed by atoms with Crippen molar-refractivity contribution in [1.29, 1.82) is 0 Å². The van der Waals surface area contributed by atoms with Gasteiger partial charge in [-0.3, -0.25) is 0 Å². The largest absolute Gasteiger partial charge is 0.388 e. The smallest absolute Gasteiger partial charge is 0.124 e. The molecule has 0 spiro atoms. The maximum atomic E-state index is 13.2. The van der Waals surface area contributed by atoms with Crippen LogP contribution in [0.1, 0.15) is 17.2 Å². The molecule has 0 fully saturated rings. The van der Waals surface area contributed by atoms with Crippen LogP contribution in [0, 0.1) is 5.82 Å². The van der Waals surface area contributed by atoms with Crippen molar-refractivity contribution in [3.05, 3.63) is 68.9 Å². The van der Waals surface area contributed by atoms with Gasteiger partial charge in [0.05, 0.1) is 6.10 Å². The average Bonchev–Trinajstić information content (AvgIpc) is 2.28. The number of aliphatic hydroxyl groups excluding tert-OH is 1. The summed E-state index contributed by atoms with van der Waals surface area (Å²) in [7, 11) is 0. The van der Waals surface area contributed by atoms with Crippen molar-refractivity contribution in [2.75, 3.05) is 0 Å². The quantitative estimate of drug-likeness (QED) is 0.878. The molecular formula is C14H11BrClFO. The number of rotatable bonds is 3. The molecule has 2 rings (SSSR count). The first-order chi connectivity index (χ1) is 8.54. The zero-order chi connectivity index (χ0) is 13.1. The van der Waals surface area contributed by atoms with Gasteiger partial charge in [-0.25, -0.2) is 4.39 Å². The molecule has 2 aromatic carbocycles. The number of halogens is 3. The third-order valence-electron chi connectivity index (χ3n) is 2.61. The van der Waals surface area contributed by atoms with E-state index in [2.05, 4.69) is 15.9 Å². The van der Waals surface area contributed by atoms with Crippen LogP contribution in [0.5, 0.6) is 0 Å². The van der Waals surface area contributed by atoms with Gasteiger partial charge in [0.2, 0.25) is 0 Å². The van der Waals surface area contributed by atoms with Crippen molar-refractivity contribution in [3.63, 3.8) is 0 Å². The Kier molecular flexibility index (Phi) is 4.38. The van der Waals surface area contributed by atoms with Crippen molar-refractivity contribution in [3.8, 4) is 0 Å². The van der Waals surface area contributed by atoms with Crippen molar-refractivity contribution in [2.45, 2.75) is 12.5 Å². The summed E-state index contributed by atoms with van der Waals surface area (Å²) in [5, 5.41) is 10.7. The lowest BCUT2D eigenvalue weighted by Gasteiger charge is -2.11. The van der Waals surface area contributed by atoms with Gasteiger partial charge in [0.15, 0.2) is 0 Å². The Morgan fingerprint density at radius 3 is 2.44 bits per heavy atom. The molecule has 0 aromatic heterocycles. The van der Waals surface area contributed by atoms with Gasteiger partial charge in [-0.15, -0.1) is 0 Å². The van der Waals surface area contributed by atoms with E-state index >= 15 is 0 Å². The fourth-order valence-corrected chi connectivity index (χ4v) is 2.39. The van der Waals surface area contributed by atoms with Crippen molar-refractivity contribution in [1.82, 2.24) is 0 Å². The van der Waals surface area contributed by atoms with Gasteiger partial charge in [-0.05, 0) is 41.5 Å². The Labute approximate surface area is 118 Å². The number of hydrogen-bond donors (Lipinski definition) is 1. The van der Waals surface area contributed by atoms with Crippen LogP contribution >= 0.6 is 27.5 Å². The van der Waals surface area contributed by atoms with E-state index in [1.165, 1.54) is 12.1 Å². The molecule has 0 heterocycles. The summed E-state index contributed by atoms with van der Waals surface area (Å²) in [4.78, 5) is 0. The van der Waals surface area contributed by atoms with Crippen LogP contribution in [0.3, 0.4) is 0 Å². The molecule has 0 saturated carbocycles. The summed E-state index contributed by atoms with van der Waals surface area (Å²) >= 11 is 9.01. The van der Waals surface area contributed by atoms with Crippen LogP contribution in [0.15, 0.2) is 46.9 Å². The monoisotopic (exact) mass is 328 g/mol. The second-order valence-corrected chi connectivity index (χ2v) is 5.40. The maximum Gasteiger partial charge on any atom is 0.124 e. The number of benzene rings is 2. The minimum atomic E-state index is -0.670.